The van der Waals surface area contributed by atoms with Crippen molar-refractivity contribution in [2.45, 2.75) is 31.4 Å². The van der Waals surface area contributed by atoms with Crippen molar-refractivity contribution < 1.29 is 4.79 Å². The smallest absolute Gasteiger partial charge is 0.252 e. The van der Waals surface area contributed by atoms with Crippen molar-refractivity contribution in [3.05, 3.63) is 57.3 Å². The van der Waals surface area contributed by atoms with E-state index >= 15 is 0 Å². The third-order valence-corrected chi connectivity index (χ3v) is 6.07. The second-order valence-electron chi connectivity index (χ2n) is 5.55. The number of aryl methyl sites for hydroxylation is 1. The zero-order valence-corrected chi connectivity index (χ0v) is 14.3. The highest BCUT2D eigenvalue weighted by molar-refractivity contribution is 7.98. The first-order valence-corrected chi connectivity index (χ1v) is 9.87. The normalized spacial score (nSPS) is 13.6. The Bertz CT molecular complexity index is 621. The zero-order chi connectivity index (χ0) is 15.2. The Balaban J connectivity index is 1.42. The van der Waals surface area contributed by atoms with E-state index in [1.807, 2.05) is 23.2 Å². The lowest BCUT2D eigenvalue weighted by molar-refractivity contribution is 0.0955. The van der Waals surface area contributed by atoms with Gasteiger partial charge in [-0.1, -0.05) is 30.3 Å². The third kappa shape index (κ3) is 3.93. The fraction of sp³-hybridized carbons (Fsp3) is 0.389. The van der Waals surface area contributed by atoms with Crippen molar-refractivity contribution in [2.75, 3.05) is 12.3 Å². The molecule has 0 fully saturated rings. The van der Waals surface area contributed by atoms with Gasteiger partial charge < -0.3 is 5.32 Å². The minimum atomic E-state index is 0.111. The van der Waals surface area contributed by atoms with E-state index in [9.17, 15) is 4.79 Å². The highest BCUT2D eigenvalue weighted by Crippen LogP contribution is 2.30. The topological polar surface area (TPSA) is 29.1 Å². The van der Waals surface area contributed by atoms with Crippen LogP contribution in [0.2, 0.25) is 0 Å². The molecule has 0 saturated heterocycles. The average molecular weight is 332 g/mol. The monoisotopic (exact) mass is 331 g/mol. The molecule has 3 rings (SSSR count). The number of hydrogen-bond donors (Lipinski definition) is 1. The molecule has 1 aromatic carbocycles. The lowest BCUT2D eigenvalue weighted by Gasteiger charge is -2.12. The van der Waals surface area contributed by atoms with Crippen LogP contribution >= 0.6 is 23.1 Å². The molecule has 0 aliphatic heterocycles. The summed E-state index contributed by atoms with van der Waals surface area (Å²) >= 11 is 3.62. The molecule has 1 amide bonds. The van der Waals surface area contributed by atoms with Crippen LogP contribution in [-0.2, 0) is 18.6 Å². The lowest BCUT2D eigenvalue weighted by Crippen LogP contribution is -2.26. The van der Waals surface area contributed by atoms with Gasteiger partial charge in [-0.3, -0.25) is 4.79 Å². The van der Waals surface area contributed by atoms with Gasteiger partial charge in [0.15, 0.2) is 0 Å². The Kier molecular flexibility index (Phi) is 5.57. The van der Waals surface area contributed by atoms with Crippen molar-refractivity contribution in [2.24, 2.45) is 0 Å². The quantitative estimate of drug-likeness (QED) is 0.800. The molecule has 0 unspecified atom stereocenters. The summed E-state index contributed by atoms with van der Waals surface area (Å²) in [7, 11) is 0. The van der Waals surface area contributed by atoms with Crippen molar-refractivity contribution in [1.82, 2.24) is 5.32 Å². The van der Waals surface area contributed by atoms with E-state index in [1.165, 1.54) is 28.8 Å². The molecular weight excluding hydrogens is 310 g/mol. The molecule has 0 radical (unpaired) electrons. The van der Waals surface area contributed by atoms with E-state index < -0.39 is 0 Å². The Hall–Kier alpha value is -1.26. The van der Waals surface area contributed by atoms with Crippen LogP contribution in [0.5, 0.6) is 0 Å². The summed E-state index contributed by atoms with van der Waals surface area (Å²) in [6.45, 7) is 0.737. The third-order valence-electron chi connectivity index (χ3n) is 3.95. The molecule has 1 aliphatic carbocycles. The van der Waals surface area contributed by atoms with Gasteiger partial charge in [-0.15, -0.1) is 11.3 Å². The van der Waals surface area contributed by atoms with Gasteiger partial charge in [0, 0.05) is 28.3 Å². The van der Waals surface area contributed by atoms with Gasteiger partial charge in [0.25, 0.3) is 5.91 Å². The molecule has 0 atom stereocenters. The lowest BCUT2D eigenvalue weighted by atomic mass is 9.96. The number of carbonyl (C=O) groups is 1. The molecule has 0 spiro atoms. The van der Waals surface area contributed by atoms with Crippen molar-refractivity contribution in [1.29, 1.82) is 0 Å². The molecule has 1 heterocycles. The standard InChI is InChI=1S/C18H21NOS2/c20-18(16-13-22-17-9-5-4-8-15(16)17)19-10-11-21-12-14-6-2-1-3-7-14/h1-3,6-7,13H,4-5,8-12H2,(H,19,20). The van der Waals surface area contributed by atoms with Gasteiger partial charge in [-0.2, -0.15) is 11.8 Å². The largest absolute Gasteiger partial charge is 0.351 e. The van der Waals surface area contributed by atoms with Crippen LogP contribution in [0.1, 0.15) is 39.2 Å². The summed E-state index contributed by atoms with van der Waals surface area (Å²) in [4.78, 5) is 13.7. The van der Waals surface area contributed by atoms with E-state index in [4.69, 9.17) is 0 Å². The predicted molar refractivity (Wildman–Crippen MR) is 95.9 cm³/mol. The van der Waals surface area contributed by atoms with Crippen LogP contribution in [0, 0.1) is 0 Å². The number of hydrogen-bond acceptors (Lipinski definition) is 3. The summed E-state index contributed by atoms with van der Waals surface area (Å²) in [6, 6.07) is 10.5. The average Bonchev–Trinajstić information content (AvgIpc) is 2.99. The van der Waals surface area contributed by atoms with E-state index in [0.717, 1.165) is 36.5 Å². The molecule has 0 bridgehead atoms. The molecule has 1 aromatic heterocycles. The molecule has 2 nitrogen and oxygen atoms in total. The van der Waals surface area contributed by atoms with Gasteiger partial charge >= 0.3 is 0 Å². The van der Waals surface area contributed by atoms with Crippen LogP contribution in [0.15, 0.2) is 35.7 Å². The van der Waals surface area contributed by atoms with E-state index in [-0.39, 0.29) is 5.91 Å². The van der Waals surface area contributed by atoms with Crippen molar-refractivity contribution >= 4 is 29.0 Å². The van der Waals surface area contributed by atoms with Crippen molar-refractivity contribution in [3.63, 3.8) is 0 Å². The number of amides is 1. The Morgan fingerprint density at radius 1 is 1.18 bits per heavy atom. The molecule has 22 heavy (non-hydrogen) atoms. The van der Waals surface area contributed by atoms with E-state index in [2.05, 4.69) is 29.6 Å². The number of rotatable bonds is 6. The van der Waals surface area contributed by atoms with Crippen LogP contribution in [0.4, 0.5) is 0 Å². The minimum absolute atomic E-state index is 0.111. The second-order valence-corrected chi connectivity index (χ2v) is 7.62. The fourth-order valence-electron chi connectivity index (χ4n) is 2.78. The van der Waals surface area contributed by atoms with Crippen LogP contribution in [-0.4, -0.2) is 18.2 Å². The highest BCUT2D eigenvalue weighted by Gasteiger charge is 2.19. The summed E-state index contributed by atoms with van der Waals surface area (Å²) in [5, 5.41) is 5.11. The summed E-state index contributed by atoms with van der Waals surface area (Å²) in [5.74, 6) is 2.07. The number of thioether (sulfide) groups is 1. The molecule has 2 aromatic rings. The van der Waals surface area contributed by atoms with Gasteiger partial charge in [0.05, 0.1) is 5.56 Å². The first kappa shape index (κ1) is 15.6. The Labute approximate surface area is 140 Å². The zero-order valence-electron chi connectivity index (χ0n) is 12.6. The van der Waals surface area contributed by atoms with Gasteiger partial charge in [-0.05, 0) is 36.8 Å². The first-order valence-electron chi connectivity index (χ1n) is 7.83. The van der Waals surface area contributed by atoms with Crippen molar-refractivity contribution in [3.8, 4) is 0 Å². The van der Waals surface area contributed by atoms with Gasteiger partial charge in [0.1, 0.15) is 0 Å². The molecule has 116 valence electrons. The maximum atomic E-state index is 12.3. The summed E-state index contributed by atoms with van der Waals surface area (Å²) in [6.07, 6.45) is 4.71. The maximum Gasteiger partial charge on any atom is 0.252 e. The molecule has 1 aliphatic rings. The van der Waals surface area contributed by atoms with Crippen LogP contribution in [0.25, 0.3) is 0 Å². The maximum absolute atomic E-state index is 12.3. The van der Waals surface area contributed by atoms with Gasteiger partial charge in [-0.25, -0.2) is 0 Å². The number of nitrogens with one attached hydrogen (secondary N) is 1. The minimum Gasteiger partial charge on any atom is -0.351 e. The Morgan fingerprint density at radius 2 is 2.00 bits per heavy atom. The van der Waals surface area contributed by atoms with Gasteiger partial charge in [0.2, 0.25) is 0 Å². The second kappa shape index (κ2) is 7.84. The fourth-order valence-corrected chi connectivity index (χ4v) is 4.73. The Morgan fingerprint density at radius 3 is 2.86 bits per heavy atom. The van der Waals surface area contributed by atoms with E-state index in [0.29, 0.717) is 0 Å². The molecular formula is C18H21NOS2. The molecule has 1 N–H and O–H groups in total. The number of thiophene rings is 1. The summed E-state index contributed by atoms with van der Waals surface area (Å²) in [5.41, 5.74) is 3.57. The molecule has 4 heteroatoms. The molecule has 0 saturated carbocycles. The SMILES string of the molecule is O=C(NCCSCc1ccccc1)c1csc2c1CCCC2. The highest BCUT2D eigenvalue weighted by atomic mass is 32.2. The van der Waals surface area contributed by atoms with Crippen LogP contribution in [0.3, 0.4) is 0 Å². The number of carbonyl (C=O) groups excluding carboxylic acids is 1. The van der Waals surface area contributed by atoms with Crippen LogP contribution < -0.4 is 5.32 Å². The number of benzene rings is 1. The number of fused-ring (bicyclic) bond motifs is 1. The first-order chi connectivity index (χ1) is 10.8. The van der Waals surface area contributed by atoms with E-state index in [1.54, 1.807) is 11.3 Å². The predicted octanol–water partition coefficient (Wildman–Crippen LogP) is 4.29. The summed E-state index contributed by atoms with van der Waals surface area (Å²) < 4.78 is 0.